The van der Waals surface area contributed by atoms with Gasteiger partial charge in [-0.15, -0.1) is 0 Å². The van der Waals surface area contributed by atoms with E-state index in [0.717, 1.165) is 0 Å². The maximum Gasteiger partial charge on any atom is 0.176 e. The smallest absolute Gasteiger partial charge is 0.176 e. The average molecular weight is 340 g/mol. The molecule has 0 bridgehead atoms. The Morgan fingerprint density at radius 2 is 1.39 bits per heavy atom. The van der Waals surface area contributed by atoms with Crippen molar-refractivity contribution in [2.45, 2.75) is 61.3 Å². The minimum Gasteiger partial charge on any atom is -0.394 e. The largest absolute Gasteiger partial charge is 0.394 e. The average Bonchev–Trinajstić information content (AvgIpc) is 2.55. The van der Waals surface area contributed by atoms with Gasteiger partial charge in [-0.1, -0.05) is 0 Å². The molecule has 2 aliphatic heterocycles. The first-order valence-corrected chi connectivity index (χ1v) is 7.23. The van der Waals surface area contributed by atoms with Crippen LogP contribution in [0.1, 0.15) is 0 Å². The molecule has 2 saturated heterocycles. The summed E-state index contributed by atoms with van der Waals surface area (Å²) >= 11 is 0. The number of aliphatic hydroxyl groups excluding tert-OH is 6. The first-order valence-electron chi connectivity index (χ1n) is 7.23. The van der Waals surface area contributed by atoms with Crippen molar-refractivity contribution >= 4 is 0 Å². The Morgan fingerprint density at radius 1 is 0.783 bits per heavy atom. The predicted octanol–water partition coefficient (Wildman–Crippen LogP) is -5.46. The highest BCUT2D eigenvalue weighted by Crippen LogP contribution is 2.27. The Hall–Kier alpha value is -0.440. The second-order valence-electron chi connectivity index (χ2n) is 5.70. The minimum absolute atomic E-state index is 0.581. The highest BCUT2D eigenvalue weighted by Gasteiger charge is 2.49. The van der Waals surface area contributed by atoms with Crippen molar-refractivity contribution in [1.82, 2.24) is 0 Å². The number of ether oxygens (including phenoxy) is 3. The Kier molecular flexibility index (Phi) is 6.27. The summed E-state index contributed by atoms with van der Waals surface area (Å²) in [5.41, 5.74) is 11.3. The summed E-state index contributed by atoms with van der Waals surface area (Å²) < 4.78 is 15.8. The van der Waals surface area contributed by atoms with Crippen LogP contribution in [0.4, 0.5) is 0 Å². The van der Waals surface area contributed by atoms with Crippen molar-refractivity contribution in [2.75, 3.05) is 13.2 Å². The molecule has 2 aliphatic rings. The van der Waals surface area contributed by atoms with Crippen molar-refractivity contribution in [1.29, 1.82) is 0 Å². The predicted molar refractivity (Wildman–Crippen MR) is 72.6 cm³/mol. The Balaban J connectivity index is 2.11. The van der Waals surface area contributed by atoms with Gasteiger partial charge in [0.15, 0.2) is 12.6 Å². The first-order chi connectivity index (χ1) is 10.8. The van der Waals surface area contributed by atoms with Gasteiger partial charge in [-0.25, -0.2) is 0 Å². The van der Waals surface area contributed by atoms with E-state index in [0.29, 0.717) is 0 Å². The second kappa shape index (κ2) is 7.63. The van der Waals surface area contributed by atoms with Gasteiger partial charge < -0.3 is 56.3 Å². The topological polar surface area (TPSA) is 201 Å². The van der Waals surface area contributed by atoms with Gasteiger partial charge in [-0.3, -0.25) is 0 Å². The van der Waals surface area contributed by atoms with E-state index in [9.17, 15) is 25.5 Å². The SMILES string of the molecule is N[C@@H]1C(O)[C@@H](OC2OC(CO)C(O)[C@H](O)[C@@H]2N)C(CO)O[C@@H]1O. The molecule has 11 heteroatoms. The molecule has 136 valence electrons. The molecule has 10 atom stereocenters. The van der Waals surface area contributed by atoms with Gasteiger partial charge in [0.1, 0.15) is 36.6 Å². The molecule has 0 aromatic heterocycles. The van der Waals surface area contributed by atoms with E-state index in [1.807, 2.05) is 0 Å². The maximum absolute atomic E-state index is 10.1. The monoisotopic (exact) mass is 340 g/mol. The lowest BCUT2D eigenvalue weighted by atomic mass is 9.95. The Morgan fingerprint density at radius 3 is 1.96 bits per heavy atom. The molecule has 10 N–H and O–H groups in total. The number of nitrogens with two attached hydrogens (primary N) is 2. The van der Waals surface area contributed by atoms with Crippen molar-refractivity contribution < 1.29 is 44.8 Å². The summed E-state index contributed by atoms with van der Waals surface area (Å²) in [5.74, 6) is 0. The lowest BCUT2D eigenvalue weighted by Gasteiger charge is -2.45. The molecule has 0 aromatic rings. The van der Waals surface area contributed by atoms with E-state index in [-0.39, 0.29) is 0 Å². The molecule has 2 heterocycles. The lowest BCUT2D eigenvalue weighted by molar-refractivity contribution is -0.324. The fourth-order valence-electron chi connectivity index (χ4n) is 2.65. The normalized spacial score (nSPS) is 51.7. The van der Waals surface area contributed by atoms with Crippen LogP contribution in [0.2, 0.25) is 0 Å². The van der Waals surface area contributed by atoms with Gasteiger partial charge in [0.25, 0.3) is 0 Å². The molecule has 0 saturated carbocycles. The molecular formula is C12H24N2O9. The van der Waals surface area contributed by atoms with E-state index < -0.39 is 74.5 Å². The van der Waals surface area contributed by atoms with Crippen LogP contribution in [0.15, 0.2) is 0 Å². The van der Waals surface area contributed by atoms with Gasteiger partial charge >= 0.3 is 0 Å². The van der Waals surface area contributed by atoms with Gasteiger partial charge in [0, 0.05) is 0 Å². The van der Waals surface area contributed by atoms with E-state index in [1.165, 1.54) is 0 Å². The van der Waals surface area contributed by atoms with Gasteiger partial charge in [-0.2, -0.15) is 0 Å². The third kappa shape index (κ3) is 3.65. The van der Waals surface area contributed by atoms with Crippen molar-refractivity contribution in [3.63, 3.8) is 0 Å². The Bertz CT molecular complexity index is 386. The van der Waals surface area contributed by atoms with E-state index in [1.54, 1.807) is 0 Å². The minimum atomic E-state index is -1.49. The number of hydrogen-bond acceptors (Lipinski definition) is 11. The highest BCUT2D eigenvalue weighted by atomic mass is 16.7. The molecule has 0 radical (unpaired) electrons. The summed E-state index contributed by atoms with van der Waals surface area (Å²) in [6.45, 7) is -1.17. The summed E-state index contributed by atoms with van der Waals surface area (Å²) in [6, 6.07) is -2.37. The molecule has 0 aliphatic carbocycles. The summed E-state index contributed by atoms with van der Waals surface area (Å²) in [7, 11) is 0. The molecule has 11 nitrogen and oxygen atoms in total. The molecule has 2 fully saturated rings. The third-order valence-electron chi connectivity index (χ3n) is 4.14. The Labute approximate surface area is 132 Å². The van der Waals surface area contributed by atoms with Crippen molar-refractivity contribution in [2.24, 2.45) is 11.5 Å². The first kappa shape index (κ1) is 18.9. The standard InChI is InChI=1S/C12H24N2O9/c13-5-9(19)10(4(2-16)21-11(5)20)23-12-6(14)8(18)7(17)3(1-15)22-12/h3-12,15-20H,1-2,13-14H2/t3?,4?,5-,6+,7?,8-,9?,10+,11+,12?/m1/s1. The molecule has 0 spiro atoms. The number of aliphatic hydroxyl groups is 6. The van der Waals surface area contributed by atoms with Crippen LogP contribution in [0.5, 0.6) is 0 Å². The zero-order valence-electron chi connectivity index (χ0n) is 12.3. The number of rotatable bonds is 4. The number of hydrogen-bond donors (Lipinski definition) is 8. The van der Waals surface area contributed by atoms with Crippen LogP contribution >= 0.6 is 0 Å². The van der Waals surface area contributed by atoms with Gasteiger partial charge in [-0.05, 0) is 0 Å². The van der Waals surface area contributed by atoms with Gasteiger partial charge in [0.2, 0.25) is 0 Å². The quantitative estimate of drug-likeness (QED) is 0.242. The van der Waals surface area contributed by atoms with Gasteiger partial charge in [0.05, 0.1) is 25.3 Å². The molecule has 0 amide bonds. The maximum atomic E-state index is 10.1. The summed E-state index contributed by atoms with van der Waals surface area (Å²) in [4.78, 5) is 0. The zero-order valence-corrected chi connectivity index (χ0v) is 12.3. The molecular weight excluding hydrogens is 316 g/mol. The molecule has 23 heavy (non-hydrogen) atoms. The van der Waals surface area contributed by atoms with E-state index >= 15 is 0 Å². The fourth-order valence-corrected chi connectivity index (χ4v) is 2.65. The summed E-state index contributed by atoms with van der Waals surface area (Å²) in [5, 5.41) is 57.7. The van der Waals surface area contributed by atoms with E-state index in [4.69, 9.17) is 30.8 Å². The van der Waals surface area contributed by atoms with Crippen molar-refractivity contribution in [3.05, 3.63) is 0 Å². The zero-order chi connectivity index (χ0) is 17.3. The highest BCUT2D eigenvalue weighted by molar-refractivity contribution is 4.95. The fraction of sp³-hybridized carbons (Fsp3) is 1.00. The lowest BCUT2D eigenvalue weighted by Crippen LogP contribution is -2.67. The molecule has 5 unspecified atom stereocenters. The molecule has 2 rings (SSSR count). The van der Waals surface area contributed by atoms with E-state index in [2.05, 4.69) is 0 Å². The van der Waals surface area contributed by atoms with Crippen molar-refractivity contribution in [3.8, 4) is 0 Å². The molecule has 0 aromatic carbocycles. The van der Waals surface area contributed by atoms with Crippen LogP contribution < -0.4 is 11.5 Å². The van der Waals surface area contributed by atoms with Crippen LogP contribution in [-0.2, 0) is 14.2 Å². The third-order valence-corrected chi connectivity index (χ3v) is 4.14. The van der Waals surface area contributed by atoms with Crippen LogP contribution in [-0.4, -0.2) is 105 Å². The van der Waals surface area contributed by atoms with Crippen LogP contribution in [0.3, 0.4) is 0 Å². The van der Waals surface area contributed by atoms with Crippen LogP contribution in [0, 0.1) is 0 Å². The summed E-state index contributed by atoms with van der Waals surface area (Å²) in [6.07, 6.45) is -10.5. The van der Waals surface area contributed by atoms with Crippen LogP contribution in [0.25, 0.3) is 0 Å². The second-order valence-corrected chi connectivity index (χ2v) is 5.70.